The maximum absolute atomic E-state index is 8.93. The minimum absolute atomic E-state index is 0.142. The Bertz CT molecular complexity index is 502. The number of aliphatic hydroxyl groups excluding tert-OH is 1. The van der Waals surface area contributed by atoms with Gasteiger partial charge in [0, 0.05) is 11.9 Å². The first-order valence-electron chi connectivity index (χ1n) is 5.47. The number of likely N-dealkylation sites (N-methyl/N-ethyl adjacent to an activating group) is 1. The van der Waals surface area contributed by atoms with Gasteiger partial charge in [0.15, 0.2) is 0 Å². The van der Waals surface area contributed by atoms with E-state index in [0.717, 1.165) is 16.8 Å². The number of rotatable bonds is 5. The molecule has 2 aromatic heterocycles. The molecule has 0 aromatic carbocycles. The molecule has 0 aliphatic rings. The number of halogens is 1. The number of nitrogens with zero attached hydrogens (tertiary/aromatic N) is 3. The van der Waals surface area contributed by atoms with Crippen LogP contribution in [0.15, 0.2) is 11.4 Å². The Hall–Kier alpha value is -0.750. The quantitative estimate of drug-likeness (QED) is 0.847. The second-order valence-electron chi connectivity index (χ2n) is 3.66. The van der Waals surface area contributed by atoms with E-state index in [1.165, 1.54) is 0 Å². The maximum Gasteiger partial charge on any atom is 0.145 e. The van der Waals surface area contributed by atoms with Crippen molar-refractivity contribution in [2.45, 2.75) is 13.5 Å². The SMILES string of the molecule is CCN(CCO)Cc1nc(Cl)c2ccsc2n1. The minimum atomic E-state index is 0.142. The van der Waals surface area contributed by atoms with Crippen LogP contribution in [0.3, 0.4) is 0 Å². The molecule has 0 aliphatic carbocycles. The van der Waals surface area contributed by atoms with Crippen LogP contribution in [-0.4, -0.2) is 39.7 Å². The van der Waals surface area contributed by atoms with Gasteiger partial charge in [-0.3, -0.25) is 4.90 Å². The molecule has 0 saturated heterocycles. The molecular formula is C11H14ClN3OS. The Labute approximate surface area is 109 Å². The smallest absolute Gasteiger partial charge is 0.145 e. The van der Waals surface area contributed by atoms with Crippen molar-refractivity contribution in [3.63, 3.8) is 0 Å². The van der Waals surface area contributed by atoms with Crippen LogP contribution in [0.5, 0.6) is 0 Å². The maximum atomic E-state index is 8.93. The van der Waals surface area contributed by atoms with Gasteiger partial charge in [0.1, 0.15) is 15.8 Å². The molecule has 92 valence electrons. The van der Waals surface area contributed by atoms with Gasteiger partial charge >= 0.3 is 0 Å². The lowest BCUT2D eigenvalue weighted by atomic mass is 10.4. The molecule has 2 heterocycles. The number of hydrogen-bond donors (Lipinski definition) is 1. The van der Waals surface area contributed by atoms with Crippen LogP contribution in [-0.2, 0) is 6.54 Å². The Morgan fingerprint density at radius 3 is 3.00 bits per heavy atom. The highest BCUT2D eigenvalue weighted by atomic mass is 35.5. The first-order chi connectivity index (χ1) is 8.24. The third-order valence-electron chi connectivity index (χ3n) is 2.55. The molecule has 4 nitrogen and oxygen atoms in total. The molecule has 0 saturated carbocycles. The van der Waals surface area contributed by atoms with Crippen molar-refractivity contribution in [3.8, 4) is 0 Å². The van der Waals surface area contributed by atoms with Crippen molar-refractivity contribution in [1.82, 2.24) is 14.9 Å². The molecule has 17 heavy (non-hydrogen) atoms. The van der Waals surface area contributed by atoms with Crippen molar-refractivity contribution >= 4 is 33.2 Å². The molecule has 2 aromatic rings. The Balaban J connectivity index is 2.23. The summed E-state index contributed by atoms with van der Waals surface area (Å²) < 4.78 is 0. The topological polar surface area (TPSA) is 49.2 Å². The predicted molar refractivity (Wildman–Crippen MR) is 70.5 cm³/mol. The molecule has 0 spiro atoms. The highest BCUT2D eigenvalue weighted by molar-refractivity contribution is 7.16. The largest absolute Gasteiger partial charge is 0.395 e. The summed E-state index contributed by atoms with van der Waals surface area (Å²) >= 11 is 7.66. The lowest BCUT2D eigenvalue weighted by Crippen LogP contribution is -2.27. The highest BCUT2D eigenvalue weighted by Crippen LogP contribution is 2.24. The van der Waals surface area contributed by atoms with Gasteiger partial charge < -0.3 is 5.11 Å². The minimum Gasteiger partial charge on any atom is -0.395 e. The van der Waals surface area contributed by atoms with Crippen LogP contribution in [0, 0.1) is 0 Å². The summed E-state index contributed by atoms with van der Waals surface area (Å²) in [6, 6.07) is 1.93. The van der Waals surface area contributed by atoms with E-state index in [1.54, 1.807) is 11.3 Å². The van der Waals surface area contributed by atoms with Gasteiger partial charge in [0.05, 0.1) is 13.2 Å². The van der Waals surface area contributed by atoms with E-state index in [0.29, 0.717) is 24.1 Å². The van der Waals surface area contributed by atoms with Gasteiger partial charge in [-0.25, -0.2) is 9.97 Å². The van der Waals surface area contributed by atoms with Crippen molar-refractivity contribution < 1.29 is 5.11 Å². The summed E-state index contributed by atoms with van der Waals surface area (Å²) in [5, 5.41) is 12.3. The monoisotopic (exact) mass is 271 g/mol. The molecule has 0 unspecified atom stereocenters. The molecule has 0 aliphatic heterocycles. The molecule has 0 atom stereocenters. The number of fused-ring (bicyclic) bond motifs is 1. The fourth-order valence-electron chi connectivity index (χ4n) is 1.62. The molecule has 0 fully saturated rings. The van der Waals surface area contributed by atoms with Crippen LogP contribution >= 0.6 is 22.9 Å². The first kappa shape index (κ1) is 12.7. The second kappa shape index (κ2) is 5.73. The number of aliphatic hydroxyl groups is 1. The number of hydrogen-bond acceptors (Lipinski definition) is 5. The van der Waals surface area contributed by atoms with Crippen molar-refractivity contribution in [2.75, 3.05) is 19.7 Å². The summed E-state index contributed by atoms with van der Waals surface area (Å²) in [6.07, 6.45) is 0. The summed E-state index contributed by atoms with van der Waals surface area (Å²) in [5.41, 5.74) is 0. The summed E-state index contributed by atoms with van der Waals surface area (Å²) in [4.78, 5) is 11.7. The average Bonchev–Trinajstić information content (AvgIpc) is 2.77. The molecule has 6 heteroatoms. The zero-order chi connectivity index (χ0) is 12.3. The lowest BCUT2D eigenvalue weighted by Gasteiger charge is -2.17. The van der Waals surface area contributed by atoms with Crippen LogP contribution in [0.2, 0.25) is 5.15 Å². The molecule has 0 radical (unpaired) electrons. The van der Waals surface area contributed by atoms with Gasteiger partial charge in [0.2, 0.25) is 0 Å². The average molecular weight is 272 g/mol. The Kier molecular flexibility index (Phi) is 4.28. The summed E-state index contributed by atoms with van der Waals surface area (Å²) in [7, 11) is 0. The summed E-state index contributed by atoms with van der Waals surface area (Å²) in [6.45, 7) is 4.28. The van der Waals surface area contributed by atoms with Gasteiger partial charge in [-0.1, -0.05) is 18.5 Å². The predicted octanol–water partition coefficient (Wildman–Crippen LogP) is 2.16. The van der Waals surface area contributed by atoms with Crippen LogP contribution in [0.25, 0.3) is 10.2 Å². The third-order valence-corrected chi connectivity index (χ3v) is 3.65. The van der Waals surface area contributed by atoms with Crippen molar-refractivity contribution in [1.29, 1.82) is 0 Å². The van der Waals surface area contributed by atoms with E-state index in [-0.39, 0.29) is 6.61 Å². The lowest BCUT2D eigenvalue weighted by molar-refractivity contribution is 0.194. The van der Waals surface area contributed by atoms with Crippen molar-refractivity contribution in [3.05, 3.63) is 22.4 Å². The van der Waals surface area contributed by atoms with Crippen LogP contribution < -0.4 is 0 Å². The normalized spacial score (nSPS) is 11.5. The van der Waals surface area contributed by atoms with E-state index in [1.807, 2.05) is 18.4 Å². The van der Waals surface area contributed by atoms with Crippen LogP contribution in [0.4, 0.5) is 0 Å². The Morgan fingerprint density at radius 2 is 2.29 bits per heavy atom. The van der Waals surface area contributed by atoms with Gasteiger partial charge in [-0.2, -0.15) is 0 Å². The van der Waals surface area contributed by atoms with Gasteiger partial charge in [0.25, 0.3) is 0 Å². The molecule has 0 bridgehead atoms. The fourth-order valence-corrected chi connectivity index (χ4v) is 2.71. The third kappa shape index (κ3) is 2.93. The summed E-state index contributed by atoms with van der Waals surface area (Å²) in [5.74, 6) is 0.709. The van der Waals surface area contributed by atoms with E-state index >= 15 is 0 Å². The van der Waals surface area contributed by atoms with E-state index < -0.39 is 0 Å². The number of thiophene rings is 1. The van der Waals surface area contributed by atoms with Gasteiger partial charge in [-0.15, -0.1) is 11.3 Å². The first-order valence-corrected chi connectivity index (χ1v) is 6.73. The standard InChI is InChI=1S/C11H14ClN3OS/c1-2-15(4-5-16)7-9-13-10(12)8-3-6-17-11(8)14-9/h3,6,16H,2,4-5,7H2,1H3. The second-order valence-corrected chi connectivity index (χ2v) is 4.92. The molecule has 2 rings (SSSR count). The van der Waals surface area contributed by atoms with Crippen LogP contribution in [0.1, 0.15) is 12.7 Å². The van der Waals surface area contributed by atoms with Gasteiger partial charge in [-0.05, 0) is 18.0 Å². The van der Waals surface area contributed by atoms with E-state index in [2.05, 4.69) is 14.9 Å². The number of aromatic nitrogens is 2. The van der Waals surface area contributed by atoms with E-state index in [4.69, 9.17) is 16.7 Å². The fraction of sp³-hybridized carbons (Fsp3) is 0.455. The molecule has 0 amide bonds. The highest BCUT2D eigenvalue weighted by Gasteiger charge is 2.10. The van der Waals surface area contributed by atoms with E-state index in [9.17, 15) is 0 Å². The Morgan fingerprint density at radius 1 is 1.47 bits per heavy atom. The molecule has 1 N–H and O–H groups in total. The molecular weight excluding hydrogens is 258 g/mol. The van der Waals surface area contributed by atoms with Crippen molar-refractivity contribution in [2.24, 2.45) is 0 Å². The zero-order valence-electron chi connectivity index (χ0n) is 9.56. The zero-order valence-corrected chi connectivity index (χ0v) is 11.1.